The van der Waals surface area contributed by atoms with Crippen LogP contribution in [-0.2, 0) is 0 Å². The summed E-state index contributed by atoms with van der Waals surface area (Å²) in [5.74, 6) is 3.33. The third kappa shape index (κ3) is 5.54. The van der Waals surface area contributed by atoms with Crippen molar-refractivity contribution >= 4 is 7.85 Å². The minimum absolute atomic E-state index is 0.322. The Balaban J connectivity index is 0.00000158. The molecule has 0 heterocycles. The lowest BCUT2D eigenvalue weighted by atomic mass is 9.49. The van der Waals surface area contributed by atoms with Gasteiger partial charge < -0.3 is 0 Å². The van der Waals surface area contributed by atoms with Crippen molar-refractivity contribution in [1.29, 1.82) is 0 Å². The highest BCUT2D eigenvalue weighted by Gasteiger charge is 2.52. The lowest BCUT2D eigenvalue weighted by Crippen LogP contribution is -2.46. The van der Waals surface area contributed by atoms with E-state index >= 15 is 0 Å². The maximum Gasteiger partial charge on any atom is 0.134 e. The lowest BCUT2D eigenvalue weighted by molar-refractivity contribution is -0.00418. The van der Waals surface area contributed by atoms with Crippen LogP contribution in [0.5, 0.6) is 0 Å². The van der Waals surface area contributed by atoms with E-state index in [9.17, 15) is 0 Å². The molecule has 0 aromatic carbocycles. The summed E-state index contributed by atoms with van der Waals surface area (Å²) in [6.07, 6.45) is 10.6. The van der Waals surface area contributed by atoms with Crippen molar-refractivity contribution in [2.45, 2.75) is 108 Å². The molecule has 0 N–H and O–H groups in total. The van der Waals surface area contributed by atoms with Crippen LogP contribution in [-0.4, -0.2) is 7.85 Å². The molecule has 0 aromatic rings. The molecular weight excluding hydrogens is 323 g/mol. The summed E-state index contributed by atoms with van der Waals surface area (Å²) < 4.78 is 0. The highest BCUT2D eigenvalue weighted by atomic mass is 14.6. The number of rotatable bonds is 6. The molecule has 1 saturated carbocycles. The monoisotopic (exact) mass is 374 g/mol. The first-order chi connectivity index (χ1) is 12.7. The van der Waals surface area contributed by atoms with Crippen molar-refractivity contribution in [2.24, 2.45) is 34.5 Å². The average molecular weight is 375 g/mol. The van der Waals surface area contributed by atoms with E-state index in [1.54, 1.807) is 5.47 Å². The van der Waals surface area contributed by atoms with Crippen LogP contribution < -0.4 is 0 Å². The van der Waals surface area contributed by atoms with Gasteiger partial charge in [-0.15, -0.1) is 5.47 Å². The zero-order valence-electron chi connectivity index (χ0n) is 20.8. The second kappa shape index (κ2) is 11.5. The first-order valence-electron chi connectivity index (χ1n) is 12.0. The van der Waals surface area contributed by atoms with Crippen LogP contribution in [0.1, 0.15) is 108 Å². The molecule has 0 amide bonds. The molecule has 0 saturated heterocycles. The second-order valence-electron chi connectivity index (χ2n) is 9.49. The van der Waals surface area contributed by atoms with Gasteiger partial charge in [-0.25, -0.2) is 0 Å². The smallest absolute Gasteiger partial charge is 0.108 e. The van der Waals surface area contributed by atoms with Gasteiger partial charge in [0.25, 0.3) is 0 Å². The number of fused-ring (bicyclic) bond motifs is 1. The van der Waals surface area contributed by atoms with E-state index in [4.69, 9.17) is 0 Å². The Hall–Kier alpha value is -0.455. The molecule has 1 heteroatoms. The van der Waals surface area contributed by atoms with Crippen molar-refractivity contribution < 1.29 is 0 Å². The van der Waals surface area contributed by atoms with Gasteiger partial charge in [-0.3, -0.25) is 0 Å². The fourth-order valence-corrected chi connectivity index (χ4v) is 5.73. The largest absolute Gasteiger partial charge is 0.134 e. The van der Waals surface area contributed by atoms with E-state index in [2.05, 4.69) is 62.0 Å². The Labute approximate surface area is 174 Å². The predicted octanol–water partition coefficient (Wildman–Crippen LogP) is 8.04. The van der Waals surface area contributed by atoms with Crippen molar-refractivity contribution in [2.75, 3.05) is 0 Å². The summed E-state index contributed by atoms with van der Waals surface area (Å²) in [6.45, 7) is 27.0. The van der Waals surface area contributed by atoms with Gasteiger partial charge in [-0.2, -0.15) is 0 Å². The first-order valence-corrected chi connectivity index (χ1v) is 12.0. The molecule has 27 heavy (non-hydrogen) atoms. The molecule has 0 nitrogen and oxygen atoms in total. The van der Waals surface area contributed by atoms with Gasteiger partial charge in [0.2, 0.25) is 0 Å². The highest BCUT2D eigenvalue weighted by molar-refractivity contribution is 6.22. The zero-order valence-corrected chi connectivity index (χ0v) is 20.8. The Morgan fingerprint density at radius 3 is 2.30 bits per heavy atom. The minimum Gasteiger partial charge on any atom is -0.108 e. The van der Waals surface area contributed by atoms with Gasteiger partial charge in [0, 0.05) is 0 Å². The van der Waals surface area contributed by atoms with Crippen LogP contribution >= 0.6 is 0 Å². The topological polar surface area (TPSA) is 0 Å². The van der Waals surface area contributed by atoms with Crippen LogP contribution in [0.25, 0.3) is 0 Å². The number of hydrogen-bond donors (Lipinski definition) is 0. The molecule has 0 aromatic heterocycles. The highest BCUT2D eigenvalue weighted by Crippen LogP contribution is 2.61. The molecular formula is C26H51B. The Morgan fingerprint density at radius 1 is 1.30 bits per heavy atom. The van der Waals surface area contributed by atoms with E-state index in [0.717, 1.165) is 23.7 Å². The van der Waals surface area contributed by atoms with Gasteiger partial charge in [0.15, 0.2) is 0 Å². The normalized spacial score (nSPS) is 31.5. The summed E-state index contributed by atoms with van der Waals surface area (Å²) in [5, 5.41) is 0. The van der Waals surface area contributed by atoms with Crippen LogP contribution in [0.15, 0.2) is 23.7 Å². The summed E-state index contributed by atoms with van der Waals surface area (Å²) >= 11 is 0. The van der Waals surface area contributed by atoms with E-state index in [1.165, 1.54) is 44.1 Å². The summed E-state index contributed by atoms with van der Waals surface area (Å²) in [6, 6.07) is 0. The minimum atomic E-state index is 0.322. The summed E-state index contributed by atoms with van der Waals surface area (Å²) in [7, 11) is 2.38. The molecule has 2 aliphatic rings. The van der Waals surface area contributed by atoms with Crippen LogP contribution in [0.3, 0.4) is 0 Å². The van der Waals surface area contributed by atoms with E-state index < -0.39 is 0 Å². The molecule has 0 spiro atoms. The fourth-order valence-electron chi connectivity index (χ4n) is 5.73. The maximum atomic E-state index is 4.45. The third-order valence-corrected chi connectivity index (χ3v) is 7.91. The maximum absolute atomic E-state index is 4.45. The molecule has 0 aliphatic heterocycles. The molecule has 2 rings (SSSR count). The third-order valence-electron chi connectivity index (χ3n) is 7.91. The molecule has 5 atom stereocenters. The van der Waals surface area contributed by atoms with Crippen LogP contribution in [0.4, 0.5) is 0 Å². The molecule has 5 unspecified atom stereocenters. The summed E-state index contributed by atoms with van der Waals surface area (Å²) in [4.78, 5) is 0. The predicted molar refractivity (Wildman–Crippen MR) is 129 cm³/mol. The molecule has 0 bridgehead atoms. The molecule has 1 fully saturated rings. The van der Waals surface area contributed by atoms with E-state index in [-0.39, 0.29) is 0 Å². The molecule has 158 valence electrons. The Bertz CT molecular complexity index is 475. The summed E-state index contributed by atoms with van der Waals surface area (Å²) in [5.41, 5.74) is 3.89. The second-order valence-corrected chi connectivity index (χ2v) is 9.49. The first kappa shape index (κ1) is 26.5. The fraction of sp³-hybridized carbons (Fsp3) is 0.846. The Kier molecular flexibility index (Phi) is 11.3. The van der Waals surface area contributed by atoms with E-state index in [1.807, 2.05) is 27.7 Å². The van der Waals surface area contributed by atoms with Crippen molar-refractivity contribution in [3.63, 3.8) is 0 Å². The van der Waals surface area contributed by atoms with Crippen LogP contribution in [0.2, 0.25) is 0 Å². The average Bonchev–Trinajstić information content (AvgIpc) is 2.97. The van der Waals surface area contributed by atoms with Gasteiger partial charge in [-0.05, 0) is 67.1 Å². The quantitative estimate of drug-likeness (QED) is 0.326. The van der Waals surface area contributed by atoms with Crippen molar-refractivity contribution in [1.82, 2.24) is 0 Å². The van der Waals surface area contributed by atoms with Crippen molar-refractivity contribution in [3.05, 3.63) is 23.7 Å². The zero-order chi connectivity index (χ0) is 21.4. The molecule has 0 radical (unpaired) electrons. The molecule has 2 aliphatic carbocycles. The van der Waals surface area contributed by atoms with Gasteiger partial charge >= 0.3 is 0 Å². The standard InChI is InChI=1S/C22H39B.2C2H6/c1-8-17-18-9-10-20(23)22(18,7)14-12-19(17)21(6,16(4)5)13-11-15(2)3;2*1-2/h10,15,17-19H,4,8-9,11-14,23H2,1-3,5-7H3;2*1-2H3. The lowest BCUT2D eigenvalue weighted by Gasteiger charge is -2.54. The van der Waals surface area contributed by atoms with Crippen LogP contribution in [0, 0.1) is 34.5 Å². The van der Waals surface area contributed by atoms with Crippen molar-refractivity contribution in [3.8, 4) is 0 Å². The van der Waals surface area contributed by atoms with Gasteiger partial charge in [0.1, 0.15) is 7.85 Å². The van der Waals surface area contributed by atoms with Gasteiger partial charge in [0.05, 0.1) is 0 Å². The SMILES string of the molecule is BC1=CCC2C(CC)C(C(C)(CCC(C)C)C(=C)C)CCC12C.CC.CC. The Morgan fingerprint density at radius 2 is 1.85 bits per heavy atom. The van der Waals surface area contributed by atoms with E-state index in [0.29, 0.717) is 10.8 Å². The number of allylic oxidation sites excluding steroid dienone is 3. The number of hydrogen-bond acceptors (Lipinski definition) is 0. The van der Waals surface area contributed by atoms with Gasteiger partial charge in [-0.1, -0.05) is 93.4 Å².